The molecule has 0 aromatic heterocycles. The summed E-state index contributed by atoms with van der Waals surface area (Å²) in [6.07, 6.45) is 0.623. The summed E-state index contributed by atoms with van der Waals surface area (Å²) in [5.41, 5.74) is 0.502. The van der Waals surface area contributed by atoms with E-state index in [1.165, 1.54) is 7.11 Å². The lowest BCUT2D eigenvalue weighted by molar-refractivity contribution is -0.151. The molecule has 0 spiro atoms. The van der Waals surface area contributed by atoms with Gasteiger partial charge in [-0.3, -0.25) is 14.9 Å². The molecule has 0 aliphatic rings. The number of carbonyl (C=O) groups excluding carboxylic acids is 3. The van der Waals surface area contributed by atoms with E-state index in [1.54, 1.807) is 31.2 Å². The fourth-order valence-corrected chi connectivity index (χ4v) is 1.45. The molecule has 1 aromatic rings. The van der Waals surface area contributed by atoms with E-state index in [2.05, 4.69) is 10.6 Å². The summed E-state index contributed by atoms with van der Waals surface area (Å²) in [5.74, 6) is -0.782. The molecule has 3 amide bonds. The number of rotatable bonds is 6. The van der Waals surface area contributed by atoms with Gasteiger partial charge >= 0.3 is 12.0 Å². The first-order valence-corrected chi connectivity index (χ1v) is 6.87. The zero-order valence-corrected chi connectivity index (χ0v) is 12.8. The average Bonchev–Trinajstić information content (AvgIpc) is 2.52. The molecule has 7 nitrogen and oxygen atoms in total. The second-order valence-electron chi connectivity index (χ2n) is 4.65. The van der Waals surface area contributed by atoms with Crippen molar-refractivity contribution in [1.82, 2.24) is 5.32 Å². The summed E-state index contributed by atoms with van der Waals surface area (Å²) < 4.78 is 9.78. The predicted molar refractivity (Wildman–Crippen MR) is 80.6 cm³/mol. The molecule has 0 fully saturated rings. The van der Waals surface area contributed by atoms with Crippen molar-refractivity contribution in [2.45, 2.75) is 20.3 Å². The van der Waals surface area contributed by atoms with Crippen molar-refractivity contribution in [3.05, 3.63) is 24.3 Å². The first-order valence-electron chi connectivity index (χ1n) is 6.87. The minimum atomic E-state index is -0.699. The van der Waals surface area contributed by atoms with E-state index in [4.69, 9.17) is 9.47 Å². The third-order valence-corrected chi connectivity index (χ3v) is 2.96. The number of imide groups is 1. The molecule has 0 bridgehead atoms. The van der Waals surface area contributed by atoms with Crippen LogP contribution in [0.25, 0.3) is 0 Å². The van der Waals surface area contributed by atoms with Crippen LogP contribution < -0.4 is 15.4 Å². The SMILES string of the molecule is CCC(C)C(=O)OCC(=O)NC(=O)Nc1ccc(OC)cc1. The number of amides is 3. The summed E-state index contributed by atoms with van der Waals surface area (Å²) in [4.78, 5) is 34.5. The number of esters is 1. The Hall–Kier alpha value is -2.57. The minimum absolute atomic E-state index is 0.277. The molecule has 0 radical (unpaired) electrons. The van der Waals surface area contributed by atoms with E-state index in [-0.39, 0.29) is 5.92 Å². The van der Waals surface area contributed by atoms with Crippen LogP contribution in [0.15, 0.2) is 24.3 Å². The number of benzene rings is 1. The number of nitrogens with one attached hydrogen (secondary N) is 2. The van der Waals surface area contributed by atoms with Crippen molar-refractivity contribution >= 4 is 23.6 Å². The van der Waals surface area contributed by atoms with Crippen LogP contribution in [0.2, 0.25) is 0 Å². The van der Waals surface area contributed by atoms with Crippen molar-refractivity contribution in [3.63, 3.8) is 0 Å². The molecule has 7 heteroatoms. The third kappa shape index (κ3) is 5.82. The zero-order chi connectivity index (χ0) is 16.5. The van der Waals surface area contributed by atoms with Crippen LogP contribution >= 0.6 is 0 Å². The average molecular weight is 308 g/mol. The van der Waals surface area contributed by atoms with Gasteiger partial charge in [-0.2, -0.15) is 0 Å². The molecule has 0 saturated carbocycles. The topological polar surface area (TPSA) is 93.7 Å². The van der Waals surface area contributed by atoms with E-state index in [0.717, 1.165) is 0 Å². The first kappa shape index (κ1) is 17.5. The van der Waals surface area contributed by atoms with Gasteiger partial charge in [0.1, 0.15) is 5.75 Å². The Morgan fingerprint density at radius 1 is 1.18 bits per heavy atom. The highest BCUT2D eigenvalue weighted by Gasteiger charge is 2.15. The molecule has 1 atom stereocenters. The molecular formula is C15H20N2O5. The van der Waals surface area contributed by atoms with Gasteiger partial charge < -0.3 is 14.8 Å². The Bertz CT molecular complexity index is 527. The Morgan fingerprint density at radius 3 is 2.36 bits per heavy atom. The highest BCUT2D eigenvalue weighted by atomic mass is 16.5. The summed E-state index contributed by atoms with van der Waals surface area (Å²) >= 11 is 0. The second kappa shape index (κ2) is 8.66. The van der Waals surface area contributed by atoms with Crippen LogP contribution in [0.5, 0.6) is 5.75 Å². The Morgan fingerprint density at radius 2 is 1.82 bits per heavy atom. The lowest BCUT2D eigenvalue weighted by Gasteiger charge is -2.10. The number of hydrogen-bond acceptors (Lipinski definition) is 5. The number of urea groups is 1. The predicted octanol–water partition coefficient (Wildman–Crippen LogP) is 1.93. The largest absolute Gasteiger partial charge is 0.497 e. The lowest BCUT2D eigenvalue weighted by Crippen LogP contribution is -2.37. The summed E-state index contributed by atoms with van der Waals surface area (Å²) in [6.45, 7) is 3.06. The monoisotopic (exact) mass is 308 g/mol. The van der Waals surface area contributed by atoms with Gasteiger partial charge in [0.05, 0.1) is 13.0 Å². The van der Waals surface area contributed by atoms with Crippen molar-refractivity contribution in [1.29, 1.82) is 0 Å². The van der Waals surface area contributed by atoms with Gasteiger partial charge in [-0.25, -0.2) is 4.79 Å². The number of anilines is 1. The highest BCUT2D eigenvalue weighted by Crippen LogP contribution is 2.14. The van der Waals surface area contributed by atoms with Crippen LogP contribution in [0, 0.1) is 5.92 Å². The minimum Gasteiger partial charge on any atom is -0.497 e. The molecule has 1 unspecified atom stereocenters. The van der Waals surface area contributed by atoms with Crippen LogP contribution in [0.4, 0.5) is 10.5 Å². The highest BCUT2D eigenvalue weighted by molar-refractivity contribution is 6.01. The van der Waals surface area contributed by atoms with Gasteiger partial charge in [0.25, 0.3) is 5.91 Å². The van der Waals surface area contributed by atoms with E-state index in [0.29, 0.717) is 17.9 Å². The molecule has 1 aromatic carbocycles. The number of hydrogen-bond donors (Lipinski definition) is 2. The van der Waals surface area contributed by atoms with Crippen molar-refractivity contribution in [2.75, 3.05) is 19.0 Å². The molecule has 2 N–H and O–H groups in total. The number of carbonyl (C=O) groups is 3. The van der Waals surface area contributed by atoms with E-state index in [9.17, 15) is 14.4 Å². The van der Waals surface area contributed by atoms with Crippen molar-refractivity contribution in [2.24, 2.45) is 5.92 Å². The van der Waals surface area contributed by atoms with Gasteiger partial charge in [-0.1, -0.05) is 13.8 Å². The fourth-order valence-electron chi connectivity index (χ4n) is 1.45. The third-order valence-electron chi connectivity index (χ3n) is 2.96. The molecule has 0 aliphatic heterocycles. The molecule has 0 aliphatic carbocycles. The van der Waals surface area contributed by atoms with Crippen molar-refractivity contribution < 1.29 is 23.9 Å². The van der Waals surface area contributed by atoms with Gasteiger partial charge in [-0.15, -0.1) is 0 Å². The Labute approximate surface area is 129 Å². The van der Waals surface area contributed by atoms with E-state index in [1.807, 2.05) is 6.92 Å². The van der Waals surface area contributed by atoms with Gasteiger partial charge in [-0.05, 0) is 30.7 Å². The van der Waals surface area contributed by atoms with Gasteiger partial charge in [0, 0.05) is 5.69 Å². The van der Waals surface area contributed by atoms with E-state index < -0.39 is 24.5 Å². The second-order valence-corrected chi connectivity index (χ2v) is 4.65. The van der Waals surface area contributed by atoms with Gasteiger partial charge in [0.15, 0.2) is 6.61 Å². The Kier molecular flexibility index (Phi) is 6.88. The smallest absolute Gasteiger partial charge is 0.325 e. The molecular weight excluding hydrogens is 288 g/mol. The molecule has 22 heavy (non-hydrogen) atoms. The molecule has 120 valence electrons. The maximum absolute atomic E-state index is 11.6. The van der Waals surface area contributed by atoms with Crippen LogP contribution in [0.3, 0.4) is 0 Å². The van der Waals surface area contributed by atoms with Crippen LogP contribution in [-0.2, 0) is 14.3 Å². The summed E-state index contributed by atoms with van der Waals surface area (Å²) in [7, 11) is 1.54. The Balaban J connectivity index is 2.37. The summed E-state index contributed by atoms with van der Waals surface area (Å²) in [5, 5.41) is 4.55. The summed E-state index contributed by atoms with van der Waals surface area (Å²) in [6, 6.07) is 5.91. The number of methoxy groups -OCH3 is 1. The molecule has 1 rings (SSSR count). The van der Waals surface area contributed by atoms with E-state index >= 15 is 0 Å². The number of ether oxygens (including phenoxy) is 2. The standard InChI is InChI=1S/C15H20N2O5/c1-4-10(2)14(19)22-9-13(18)17-15(20)16-11-5-7-12(21-3)8-6-11/h5-8,10H,4,9H2,1-3H3,(H2,16,17,18,20). The maximum Gasteiger partial charge on any atom is 0.325 e. The molecule has 0 saturated heterocycles. The van der Waals surface area contributed by atoms with Crippen LogP contribution in [0.1, 0.15) is 20.3 Å². The van der Waals surface area contributed by atoms with Gasteiger partial charge in [0.2, 0.25) is 0 Å². The molecule has 0 heterocycles. The fraction of sp³-hybridized carbons (Fsp3) is 0.400. The zero-order valence-electron chi connectivity index (χ0n) is 12.8. The first-order chi connectivity index (χ1) is 10.5. The quantitative estimate of drug-likeness (QED) is 0.783. The van der Waals surface area contributed by atoms with Crippen LogP contribution in [-0.4, -0.2) is 31.6 Å². The normalized spacial score (nSPS) is 11.2. The maximum atomic E-state index is 11.6. The van der Waals surface area contributed by atoms with Crippen molar-refractivity contribution in [3.8, 4) is 5.75 Å². The lowest BCUT2D eigenvalue weighted by atomic mass is 10.1.